The number of Topliss-reactive ketones (excluding diaryl/α,β-unsaturated/α-hetero) is 1. The summed E-state index contributed by atoms with van der Waals surface area (Å²) in [6, 6.07) is 3.78. The third kappa shape index (κ3) is 3.57. The van der Waals surface area contributed by atoms with E-state index in [1.165, 1.54) is 26.0 Å². The zero-order valence-corrected chi connectivity index (χ0v) is 12.3. The molecule has 0 bridgehead atoms. The summed E-state index contributed by atoms with van der Waals surface area (Å²) in [5, 5.41) is 10.3. The van der Waals surface area contributed by atoms with Crippen molar-refractivity contribution >= 4 is 25.0 Å². The van der Waals surface area contributed by atoms with Gasteiger partial charge in [0.2, 0.25) is 0 Å². The molecule has 0 spiro atoms. The molecule has 1 unspecified atom stereocenters. The summed E-state index contributed by atoms with van der Waals surface area (Å²) in [7, 11) is -3.25. The monoisotopic (exact) mass is 316 g/mol. The second-order valence-corrected chi connectivity index (χ2v) is 5.84. The van der Waals surface area contributed by atoms with Crippen LogP contribution in [0, 0.1) is 5.82 Å². The van der Waals surface area contributed by atoms with Crippen LogP contribution in [0.3, 0.4) is 0 Å². The Balaban J connectivity index is 2.40. The number of aliphatic hydroxyl groups is 1. The standard InChI is InChI=1S/C13H14FO6P/c1-13(2,16)12-4-7-3-8(9(14)5-11(7)20-12)10(15)6-19-21(17)18/h3-5,16,21H,6H2,1-2H3,(H,17,18). The molecule has 0 radical (unpaired) electrons. The highest BCUT2D eigenvalue weighted by atomic mass is 31.1. The van der Waals surface area contributed by atoms with Gasteiger partial charge in [-0.3, -0.25) is 9.36 Å². The number of furan rings is 1. The molecule has 0 aliphatic heterocycles. The van der Waals surface area contributed by atoms with Crippen LogP contribution in [-0.2, 0) is 14.7 Å². The Labute approximate surface area is 120 Å². The summed E-state index contributed by atoms with van der Waals surface area (Å²) < 4.78 is 33.9. The molecule has 1 heterocycles. The van der Waals surface area contributed by atoms with E-state index < -0.39 is 32.1 Å². The van der Waals surface area contributed by atoms with Gasteiger partial charge in [0.1, 0.15) is 29.4 Å². The van der Waals surface area contributed by atoms with E-state index in [0.717, 1.165) is 6.07 Å². The fourth-order valence-electron chi connectivity index (χ4n) is 1.78. The molecule has 21 heavy (non-hydrogen) atoms. The van der Waals surface area contributed by atoms with Crippen LogP contribution in [0.1, 0.15) is 30.0 Å². The first-order chi connectivity index (χ1) is 9.68. The molecule has 1 aromatic heterocycles. The molecule has 2 rings (SSSR count). The zero-order valence-electron chi connectivity index (χ0n) is 11.3. The highest BCUT2D eigenvalue weighted by Gasteiger charge is 2.23. The predicted molar refractivity (Wildman–Crippen MR) is 72.9 cm³/mol. The highest BCUT2D eigenvalue weighted by molar-refractivity contribution is 7.32. The molecule has 8 heteroatoms. The van der Waals surface area contributed by atoms with Crippen molar-refractivity contribution in [3.8, 4) is 0 Å². The second kappa shape index (κ2) is 5.69. The molecule has 2 N–H and O–H groups in total. The van der Waals surface area contributed by atoms with Gasteiger partial charge in [-0.15, -0.1) is 0 Å². The SMILES string of the molecule is CC(C)(O)c1cc2cc(C(=O)CO[PH](=O)O)c(F)cc2o1. The fourth-order valence-corrected chi connectivity index (χ4v) is 2.04. The van der Waals surface area contributed by atoms with Crippen LogP contribution in [0.25, 0.3) is 11.0 Å². The first-order valence-corrected chi connectivity index (χ1v) is 7.29. The number of hydrogen-bond donors (Lipinski definition) is 2. The van der Waals surface area contributed by atoms with Gasteiger partial charge >= 0.3 is 8.25 Å². The molecule has 0 aliphatic carbocycles. The third-order valence-electron chi connectivity index (χ3n) is 2.84. The lowest BCUT2D eigenvalue weighted by Crippen LogP contribution is -2.13. The molecule has 0 fully saturated rings. The normalized spacial score (nSPS) is 13.6. The van der Waals surface area contributed by atoms with Gasteiger partial charge in [0.05, 0.1) is 5.56 Å². The maximum Gasteiger partial charge on any atom is 0.317 e. The van der Waals surface area contributed by atoms with Crippen molar-refractivity contribution in [3.63, 3.8) is 0 Å². The van der Waals surface area contributed by atoms with Gasteiger partial charge in [-0.05, 0) is 26.0 Å². The van der Waals surface area contributed by atoms with E-state index in [1.54, 1.807) is 0 Å². The van der Waals surface area contributed by atoms with Gasteiger partial charge < -0.3 is 18.9 Å². The topological polar surface area (TPSA) is 97.0 Å². The summed E-state index contributed by atoms with van der Waals surface area (Å²) in [5.74, 6) is -1.35. The van der Waals surface area contributed by atoms with Crippen molar-refractivity contribution in [1.29, 1.82) is 0 Å². The number of rotatable bonds is 5. The van der Waals surface area contributed by atoms with Gasteiger partial charge in [0.15, 0.2) is 5.78 Å². The molecule has 2 aromatic rings. The van der Waals surface area contributed by atoms with Crippen LogP contribution in [-0.4, -0.2) is 22.4 Å². The molecular formula is C13H14FO6P. The van der Waals surface area contributed by atoms with Gasteiger partial charge in [0, 0.05) is 11.5 Å². The summed E-state index contributed by atoms with van der Waals surface area (Å²) in [6.45, 7) is 2.34. The minimum atomic E-state index is -3.25. The summed E-state index contributed by atoms with van der Waals surface area (Å²) >= 11 is 0. The zero-order chi connectivity index (χ0) is 15.8. The molecule has 6 nitrogen and oxygen atoms in total. The van der Waals surface area contributed by atoms with Crippen molar-refractivity contribution < 1.29 is 32.7 Å². The van der Waals surface area contributed by atoms with Crippen LogP contribution < -0.4 is 0 Å². The quantitative estimate of drug-likeness (QED) is 0.649. The van der Waals surface area contributed by atoms with Crippen molar-refractivity contribution in [2.24, 2.45) is 0 Å². The minimum Gasteiger partial charge on any atom is -0.458 e. The number of ketones is 1. The largest absolute Gasteiger partial charge is 0.458 e. The Hall–Kier alpha value is -1.53. The first-order valence-electron chi connectivity index (χ1n) is 6.03. The van der Waals surface area contributed by atoms with Crippen LogP contribution >= 0.6 is 8.25 Å². The van der Waals surface area contributed by atoms with Gasteiger partial charge in [-0.2, -0.15) is 0 Å². The van der Waals surface area contributed by atoms with Gasteiger partial charge in [-0.25, -0.2) is 4.39 Å². The average molecular weight is 316 g/mol. The van der Waals surface area contributed by atoms with E-state index >= 15 is 0 Å². The van der Waals surface area contributed by atoms with Crippen LogP contribution in [0.15, 0.2) is 22.6 Å². The predicted octanol–water partition coefficient (Wildman–Crippen LogP) is 2.38. The molecule has 0 saturated carbocycles. The third-order valence-corrected chi connectivity index (χ3v) is 3.23. The lowest BCUT2D eigenvalue weighted by atomic mass is 10.1. The average Bonchev–Trinajstić information content (AvgIpc) is 2.77. The molecule has 0 aliphatic rings. The molecule has 0 saturated heterocycles. The van der Waals surface area contributed by atoms with Crippen molar-refractivity contribution in [3.05, 3.63) is 35.3 Å². The van der Waals surface area contributed by atoms with Crippen LogP contribution in [0.5, 0.6) is 0 Å². The number of hydrogen-bond acceptors (Lipinski definition) is 5. The van der Waals surface area contributed by atoms with E-state index in [-0.39, 0.29) is 16.9 Å². The van der Waals surface area contributed by atoms with E-state index in [4.69, 9.17) is 9.31 Å². The smallest absolute Gasteiger partial charge is 0.317 e. The van der Waals surface area contributed by atoms with Gasteiger partial charge in [-0.1, -0.05) is 0 Å². The van der Waals surface area contributed by atoms with Crippen molar-refractivity contribution in [2.75, 3.05) is 6.61 Å². The van der Waals surface area contributed by atoms with E-state index in [1.807, 2.05) is 0 Å². The summed E-state index contributed by atoms with van der Waals surface area (Å²) in [6.07, 6.45) is 0. The molecule has 0 amide bonds. The van der Waals surface area contributed by atoms with E-state index in [9.17, 15) is 18.9 Å². The molecular weight excluding hydrogens is 302 g/mol. The van der Waals surface area contributed by atoms with Crippen LogP contribution in [0.2, 0.25) is 0 Å². The van der Waals surface area contributed by atoms with E-state index in [2.05, 4.69) is 4.52 Å². The highest BCUT2D eigenvalue weighted by Crippen LogP contribution is 2.29. The van der Waals surface area contributed by atoms with Gasteiger partial charge in [0.25, 0.3) is 0 Å². The van der Waals surface area contributed by atoms with E-state index in [0.29, 0.717) is 5.39 Å². The summed E-state index contributed by atoms with van der Waals surface area (Å²) in [4.78, 5) is 20.3. The fraction of sp³-hybridized carbons (Fsp3) is 0.308. The van der Waals surface area contributed by atoms with Crippen molar-refractivity contribution in [2.45, 2.75) is 19.4 Å². The maximum absolute atomic E-state index is 13.9. The number of halogens is 1. The molecule has 114 valence electrons. The Morgan fingerprint density at radius 2 is 2.10 bits per heavy atom. The Morgan fingerprint density at radius 3 is 2.67 bits per heavy atom. The number of benzene rings is 1. The molecule has 1 atom stereocenters. The first kappa shape index (κ1) is 15.9. The Bertz CT molecular complexity index is 715. The molecule has 1 aromatic carbocycles. The Morgan fingerprint density at radius 1 is 1.43 bits per heavy atom. The minimum absolute atomic E-state index is 0.192. The second-order valence-electron chi connectivity index (χ2n) is 5.02. The van der Waals surface area contributed by atoms with Crippen molar-refractivity contribution in [1.82, 2.24) is 0 Å². The summed E-state index contributed by atoms with van der Waals surface area (Å²) in [5.41, 5.74) is -1.31. The van der Waals surface area contributed by atoms with Crippen LogP contribution in [0.4, 0.5) is 4.39 Å². The number of carbonyl (C=O) groups excluding carboxylic acids is 1. The lowest BCUT2D eigenvalue weighted by molar-refractivity contribution is 0.0558. The number of carbonyl (C=O) groups is 1. The maximum atomic E-state index is 13.9. The Kier molecular flexibility index (Phi) is 4.30. The number of fused-ring (bicyclic) bond motifs is 1. The lowest BCUT2D eigenvalue weighted by Gasteiger charge is -2.12.